The number of benzene rings is 1. The van der Waals surface area contributed by atoms with Gasteiger partial charge < -0.3 is 10.2 Å². The Bertz CT molecular complexity index is 804. The molecule has 1 aromatic rings. The van der Waals surface area contributed by atoms with E-state index in [4.69, 9.17) is 0 Å². The summed E-state index contributed by atoms with van der Waals surface area (Å²) in [5.41, 5.74) is 0.0698. The predicted octanol–water partition coefficient (Wildman–Crippen LogP) is 3.40. The van der Waals surface area contributed by atoms with E-state index in [0.717, 1.165) is 34.7 Å². The molecule has 28 heavy (non-hydrogen) atoms. The van der Waals surface area contributed by atoms with Crippen LogP contribution in [0.2, 0.25) is 0 Å². The molecule has 150 valence electrons. The largest absolute Gasteiger partial charge is 0.325 e. The molecule has 0 radical (unpaired) electrons. The lowest BCUT2D eigenvalue weighted by Crippen LogP contribution is -2.50. The van der Waals surface area contributed by atoms with Crippen LogP contribution < -0.4 is 10.2 Å². The molecule has 1 aromatic carbocycles. The van der Waals surface area contributed by atoms with E-state index in [1.807, 2.05) is 24.3 Å². The second-order valence-electron chi connectivity index (χ2n) is 8.32. The lowest BCUT2D eigenvalue weighted by molar-refractivity contribution is -0.135. The van der Waals surface area contributed by atoms with Crippen molar-refractivity contribution in [1.29, 1.82) is 0 Å². The minimum Gasteiger partial charge on any atom is -0.323 e. The topological polar surface area (TPSA) is 69.7 Å². The second kappa shape index (κ2) is 7.43. The van der Waals surface area contributed by atoms with Crippen LogP contribution in [0.4, 0.5) is 10.5 Å². The normalized spacial score (nSPS) is 30.2. The number of hydrogen-bond acceptors (Lipinski definition) is 4. The van der Waals surface area contributed by atoms with Crippen molar-refractivity contribution < 1.29 is 14.4 Å². The molecule has 2 heterocycles. The zero-order valence-electron chi connectivity index (χ0n) is 16.4. The standard InChI is InChI=1S/C21H27N3O3S/c1-14-7-10-21(11-8-14)19(26)24(20(27)22-21)13-18(25)23-12-9-15(2)28-17-6-4-3-5-16(17)23/h3-6,14-15H,7-13H2,1-2H3,(H,22,27)/t14?,15-,21?/m0/s1. The molecule has 1 N–H and O–H groups in total. The fourth-order valence-corrected chi connectivity index (χ4v) is 5.49. The maximum atomic E-state index is 13.1. The molecule has 1 saturated carbocycles. The van der Waals surface area contributed by atoms with E-state index in [-0.39, 0.29) is 18.4 Å². The van der Waals surface area contributed by atoms with Gasteiger partial charge in [-0.25, -0.2) is 4.79 Å². The Balaban J connectivity index is 1.52. The smallest absolute Gasteiger partial charge is 0.323 e. The number of amides is 4. The van der Waals surface area contributed by atoms with Crippen molar-refractivity contribution in [2.24, 2.45) is 5.92 Å². The van der Waals surface area contributed by atoms with Crippen LogP contribution in [0.3, 0.4) is 0 Å². The molecule has 1 spiro atoms. The van der Waals surface area contributed by atoms with Crippen LogP contribution in [0, 0.1) is 5.92 Å². The second-order valence-corrected chi connectivity index (χ2v) is 9.80. The lowest BCUT2D eigenvalue weighted by atomic mass is 9.77. The highest BCUT2D eigenvalue weighted by molar-refractivity contribution is 8.00. The average molecular weight is 402 g/mol. The van der Waals surface area contributed by atoms with Gasteiger partial charge in [0.05, 0.1) is 5.69 Å². The summed E-state index contributed by atoms with van der Waals surface area (Å²) in [4.78, 5) is 42.7. The summed E-state index contributed by atoms with van der Waals surface area (Å²) in [7, 11) is 0. The highest BCUT2D eigenvalue weighted by atomic mass is 32.2. The number of nitrogens with one attached hydrogen (secondary N) is 1. The third kappa shape index (κ3) is 3.41. The van der Waals surface area contributed by atoms with E-state index in [9.17, 15) is 14.4 Å². The van der Waals surface area contributed by atoms with E-state index < -0.39 is 11.6 Å². The number of carbonyl (C=O) groups is 3. The Morgan fingerprint density at radius 2 is 1.89 bits per heavy atom. The fraction of sp³-hybridized carbons (Fsp3) is 0.571. The van der Waals surface area contributed by atoms with Crippen molar-refractivity contribution in [2.75, 3.05) is 18.0 Å². The Morgan fingerprint density at radius 1 is 1.18 bits per heavy atom. The maximum Gasteiger partial charge on any atom is 0.325 e. The fourth-order valence-electron chi connectivity index (χ4n) is 4.38. The van der Waals surface area contributed by atoms with Crippen molar-refractivity contribution >= 4 is 35.3 Å². The van der Waals surface area contributed by atoms with Gasteiger partial charge in [0, 0.05) is 16.7 Å². The van der Waals surface area contributed by atoms with Crippen LogP contribution in [0.1, 0.15) is 46.0 Å². The highest BCUT2D eigenvalue weighted by Crippen LogP contribution is 2.38. The predicted molar refractivity (Wildman–Crippen MR) is 109 cm³/mol. The Morgan fingerprint density at radius 3 is 2.64 bits per heavy atom. The molecule has 4 amide bonds. The van der Waals surface area contributed by atoms with E-state index in [1.165, 1.54) is 0 Å². The molecule has 0 unspecified atom stereocenters. The number of rotatable bonds is 2. The quantitative estimate of drug-likeness (QED) is 0.771. The van der Waals surface area contributed by atoms with Crippen molar-refractivity contribution in [3.63, 3.8) is 0 Å². The molecule has 4 rings (SSSR count). The summed E-state index contributed by atoms with van der Waals surface area (Å²) in [6.07, 6.45) is 4.02. The number of imide groups is 1. The Kier molecular flexibility index (Phi) is 5.12. The van der Waals surface area contributed by atoms with Crippen LogP contribution in [0.15, 0.2) is 29.2 Å². The minimum atomic E-state index is -0.801. The first-order valence-electron chi connectivity index (χ1n) is 10.1. The molecule has 3 aliphatic rings. The number of urea groups is 1. The van der Waals surface area contributed by atoms with Gasteiger partial charge in [0.25, 0.3) is 5.91 Å². The first-order chi connectivity index (χ1) is 13.4. The van der Waals surface area contributed by atoms with Crippen molar-refractivity contribution in [1.82, 2.24) is 10.2 Å². The highest BCUT2D eigenvalue weighted by Gasteiger charge is 2.52. The zero-order valence-corrected chi connectivity index (χ0v) is 17.3. The first kappa shape index (κ1) is 19.3. The number of para-hydroxylation sites is 1. The van der Waals surface area contributed by atoms with Crippen molar-refractivity contribution in [3.8, 4) is 0 Å². The molecule has 1 saturated heterocycles. The van der Waals surface area contributed by atoms with Crippen LogP contribution in [-0.4, -0.2) is 46.6 Å². The maximum absolute atomic E-state index is 13.1. The summed E-state index contributed by atoms with van der Waals surface area (Å²) >= 11 is 1.76. The number of anilines is 1. The van der Waals surface area contributed by atoms with Gasteiger partial charge in [-0.05, 0) is 50.2 Å². The average Bonchev–Trinajstić information content (AvgIpc) is 2.81. The lowest BCUT2D eigenvalue weighted by Gasteiger charge is -2.33. The molecular formula is C21H27N3O3S. The van der Waals surface area contributed by atoms with Gasteiger partial charge in [0.2, 0.25) is 5.91 Å². The number of thioether (sulfide) groups is 1. The molecule has 0 bridgehead atoms. The summed E-state index contributed by atoms with van der Waals surface area (Å²) < 4.78 is 0. The molecular weight excluding hydrogens is 374 g/mol. The minimum absolute atomic E-state index is 0.199. The SMILES string of the molecule is CC1CCC2(CC1)NC(=O)N(CC(=O)N1CC[C@H](C)Sc3ccccc31)C2=O. The zero-order chi connectivity index (χ0) is 19.9. The Labute approximate surface area is 170 Å². The summed E-state index contributed by atoms with van der Waals surface area (Å²) in [5, 5.41) is 3.30. The molecule has 1 aliphatic carbocycles. The molecule has 1 atom stereocenters. The summed E-state index contributed by atoms with van der Waals surface area (Å²) in [6, 6.07) is 7.42. The van der Waals surface area contributed by atoms with Gasteiger partial charge in [-0.15, -0.1) is 11.8 Å². The van der Waals surface area contributed by atoms with Crippen LogP contribution in [0.25, 0.3) is 0 Å². The van der Waals surface area contributed by atoms with Gasteiger partial charge in [0.1, 0.15) is 12.1 Å². The molecule has 0 aromatic heterocycles. The number of hydrogen-bond donors (Lipinski definition) is 1. The molecule has 7 heteroatoms. The van der Waals surface area contributed by atoms with E-state index in [0.29, 0.717) is 30.6 Å². The first-order valence-corrected chi connectivity index (χ1v) is 11.0. The van der Waals surface area contributed by atoms with Crippen LogP contribution in [-0.2, 0) is 9.59 Å². The summed E-state index contributed by atoms with van der Waals surface area (Å²) in [6.45, 7) is 4.72. The van der Waals surface area contributed by atoms with Gasteiger partial charge in [-0.3, -0.25) is 14.5 Å². The molecule has 2 fully saturated rings. The summed E-state index contributed by atoms with van der Waals surface area (Å²) in [5.74, 6) is 0.134. The number of nitrogens with zero attached hydrogens (tertiary/aromatic N) is 2. The van der Waals surface area contributed by atoms with Gasteiger partial charge in [0.15, 0.2) is 0 Å². The van der Waals surface area contributed by atoms with E-state index in [1.54, 1.807) is 16.7 Å². The third-order valence-electron chi connectivity index (χ3n) is 6.21. The molecule has 6 nitrogen and oxygen atoms in total. The molecule has 2 aliphatic heterocycles. The monoisotopic (exact) mass is 401 g/mol. The number of carbonyl (C=O) groups excluding carboxylic acids is 3. The third-order valence-corrected chi connectivity index (χ3v) is 7.45. The Hall–Kier alpha value is -2.02. The van der Waals surface area contributed by atoms with Gasteiger partial charge in [-0.1, -0.05) is 26.0 Å². The van der Waals surface area contributed by atoms with Crippen LogP contribution in [0.5, 0.6) is 0 Å². The van der Waals surface area contributed by atoms with Gasteiger partial charge >= 0.3 is 6.03 Å². The van der Waals surface area contributed by atoms with Gasteiger partial charge in [-0.2, -0.15) is 0 Å². The van der Waals surface area contributed by atoms with E-state index >= 15 is 0 Å². The van der Waals surface area contributed by atoms with Crippen molar-refractivity contribution in [2.45, 2.75) is 61.6 Å². The van der Waals surface area contributed by atoms with Crippen LogP contribution >= 0.6 is 11.8 Å². The van der Waals surface area contributed by atoms with E-state index in [2.05, 4.69) is 19.2 Å². The number of fused-ring (bicyclic) bond motifs is 1. The van der Waals surface area contributed by atoms with Crippen molar-refractivity contribution in [3.05, 3.63) is 24.3 Å².